The van der Waals surface area contributed by atoms with Crippen LogP contribution < -0.4 is 10.6 Å². The summed E-state index contributed by atoms with van der Waals surface area (Å²) in [5.74, 6) is -1.77. The zero-order valence-electron chi connectivity index (χ0n) is 15.6. The highest BCUT2D eigenvalue weighted by molar-refractivity contribution is 6.30. The van der Waals surface area contributed by atoms with Crippen molar-refractivity contribution in [3.8, 4) is 0 Å². The van der Waals surface area contributed by atoms with Crippen LogP contribution in [0.3, 0.4) is 0 Å². The van der Waals surface area contributed by atoms with Crippen molar-refractivity contribution in [2.45, 2.75) is 46.6 Å². The summed E-state index contributed by atoms with van der Waals surface area (Å²) in [7, 11) is 0. The molecule has 0 bridgehead atoms. The number of rotatable bonds is 9. The van der Waals surface area contributed by atoms with Crippen LogP contribution in [0, 0.1) is 11.3 Å². The third kappa shape index (κ3) is 7.44. The average molecular weight is 383 g/mol. The normalized spacial score (nSPS) is 12.5. The minimum Gasteiger partial charge on any atom is -0.480 e. The van der Waals surface area contributed by atoms with Crippen molar-refractivity contribution in [3.05, 3.63) is 34.9 Å². The van der Waals surface area contributed by atoms with Crippen LogP contribution in [0.25, 0.3) is 0 Å². The molecule has 1 aromatic carbocycles. The molecule has 0 aromatic heterocycles. The van der Waals surface area contributed by atoms with E-state index in [4.69, 9.17) is 16.7 Å². The van der Waals surface area contributed by atoms with Gasteiger partial charge in [0.1, 0.15) is 6.04 Å². The molecular formula is C19H27ClN2O4. The first-order valence-electron chi connectivity index (χ1n) is 8.56. The largest absolute Gasteiger partial charge is 0.480 e. The van der Waals surface area contributed by atoms with E-state index in [0.717, 1.165) is 5.56 Å². The Labute approximate surface area is 159 Å². The fourth-order valence-corrected chi connectivity index (χ4v) is 2.79. The van der Waals surface area contributed by atoms with Gasteiger partial charge in [-0.1, -0.05) is 51.4 Å². The van der Waals surface area contributed by atoms with E-state index in [2.05, 4.69) is 10.6 Å². The Morgan fingerprint density at radius 3 is 2.42 bits per heavy atom. The highest BCUT2D eigenvalue weighted by Gasteiger charge is 2.29. The third-order valence-electron chi connectivity index (χ3n) is 3.90. The molecule has 7 heteroatoms. The molecule has 0 radical (unpaired) electrons. The van der Waals surface area contributed by atoms with Crippen molar-refractivity contribution < 1.29 is 19.5 Å². The number of carboxylic acid groups (broad SMARTS) is 1. The molecule has 1 atom stereocenters. The second-order valence-electron chi connectivity index (χ2n) is 7.46. The van der Waals surface area contributed by atoms with Gasteiger partial charge >= 0.3 is 5.97 Å². The zero-order valence-corrected chi connectivity index (χ0v) is 16.4. The van der Waals surface area contributed by atoms with Crippen LogP contribution in [0.1, 0.15) is 39.7 Å². The van der Waals surface area contributed by atoms with Crippen LogP contribution >= 0.6 is 11.6 Å². The molecule has 0 aliphatic rings. The predicted molar refractivity (Wildman–Crippen MR) is 101 cm³/mol. The van der Waals surface area contributed by atoms with Crippen molar-refractivity contribution in [2.75, 3.05) is 6.54 Å². The maximum absolute atomic E-state index is 12.4. The summed E-state index contributed by atoms with van der Waals surface area (Å²) in [5.41, 5.74) is 0.180. The minimum atomic E-state index is -1.08. The summed E-state index contributed by atoms with van der Waals surface area (Å²) in [6, 6.07) is 6.31. The molecular weight excluding hydrogens is 356 g/mol. The van der Waals surface area contributed by atoms with Crippen molar-refractivity contribution in [1.29, 1.82) is 0 Å². The summed E-state index contributed by atoms with van der Waals surface area (Å²) in [4.78, 5) is 35.6. The van der Waals surface area contributed by atoms with Gasteiger partial charge in [0.15, 0.2) is 0 Å². The van der Waals surface area contributed by atoms with Gasteiger partial charge < -0.3 is 15.7 Å². The molecule has 1 rings (SSSR count). The van der Waals surface area contributed by atoms with Crippen molar-refractivity contribution in [3.63, 3.8) is 0 Å². The number of carbonyl (C=O) groups excluding carboxylic acids is 2. The number of halogens is 1. The lowest BCUT2D eigenvalue weighted by atomic mass is 9.85. The van der Waals surface area contributed by atoms with E-state index in [1.807, 2.05) is 26.0 Å². The molecule has 3 N–H and O–H groups in total. The predicted octanol–water partition coefficient (Wildman–Crippen LogP) is 2.64. The molecule has 0 fully saturated rings. The summed E-state index contributed by atoms with van der Waals surface area (Å²) in [6.45, 7) is 7.05. The summed E-state index contributed by atoms with van der Waals surface area (Å²) >= 11 is 5.96. The van der Waals surface area contributed by atoms with Crippen molar-refractivity contribution >= 4 is 29.4 Å². The highest BCUT2D eigenvalue weighted by atomic mass is 35.5. The smallest absolute Gasteiger partial charge is 0.326 e. The van der Waals surface area contributed by atoms with Gasteiger partial charge in [-0.3, -0.25) is 9.59 Å². The van der Waals surface area contributed by atoms with Gasteiger partial charge in [0.2, 0.25) is 11.8 Å². The second-order valence-corrected chi connectivity index (χ2v) is 7.90. The fourth-order valence-electron chi connectivity index (χ4n) is 2.58. The Balaban J connectivity index is 2.58. The van der Waals surface area contributed by atoms with Crippen LogP contribution in [-0.2, 0) is 20.8 Å². The lowest BCUT2D eigenvalue weighted by Crippen LogP contribution is -2.48. The van der Waals surface area contributed by atoms with Gasteiger partial charge in [-0.05, 0) is 36.5 Å². The number of carbonyl (C=O) groups is 3. The fraction of sp³-hybridized carbons (Fsp3) is 0.526. The number of amides is 2. The Kier molecular flexibility index (Phi) is 8.08. The molecule has 0 saturated heterocycles. The van der Waals surface area contributed by atoms with E-state index in [0.29, 0.717) is 17.9 Å². The van der Waals surface area contributed by atoms with Gasteiger partial charge in [0.25, 0.3) is 0 Å². The van der Waals surface area contributed by atoms with E-state index >= 15 is 0 Å². The van der Waals surface area contributed by atoms with Gasteiger partial charge in [-0.25, -0.2) is 4.79 Å². The molecule has 0 unspecified atom stereocenters. The molecule has 0 saturated carbocycles. The lowest BCUT2D eigenvalue weighted by molar-refractivity contribution is -0.142. The number of hydrogen-bond acceptors (Lipinski definition) is 3. The molecule has 0 aliphatic heterocycles. The Bertz CT molecular complexity index is 659. The van der Waals surface area contributed by atoms with Gasteiger partial charge in [-0.15, -0.1) is 0 Å². The standard InChI is InChI=1S/C19H27ClN2O4/c1-12(2)8-15(17(24)25)22-16(23)11-21-18(26)19(3,4)10-13-6-5-7-14(20)9-13/h5-7,9,12,15H,8,10-11H2,1-4H3,(H,21,26)(H,22,23)(H,24,25)/t15-/m0/s1. The van der Waals surface area contributed by atoms with Crippen molar-refractivity contribution in [2.24, 2.45) is 11.3 Å². The van der Waals surface area contributed by atoms with Gasteiger partial charge in [-0.2, -0.15) is 0 Å². The number of hydrogen-bond donors (Lipinski definition) is 3. The van der Waals surface area contributed by atoms with Gasteiger partial charge in [0, 0.05) is 10.4 Å². The van der Waals surface area contributed by atoms with E-state index in [1.165, 1.54) is 0 Å². The maximum atomic E-state index is 12.4. The Morgan fingerprint density at radius 2 is 1.88 bits per heavy atom. The topological polar surface area (TPSA) is 95.5 Å². The first kappa shape index (κ1) is 22.0. The summed E-state index contributed by atoms with van der Waals surface area (Å²) in [6.07, 6.45) is 0.793. The lowest BCUT2D eigenvalue weighted by Gasteiger charge is -2.24. The third-order valence-corrected chi connectivity index (χ3v) is 4.13. The minimum absolute atomic E-state index is 0.127. The second kappa shape index (κ2) is 9.57. The van der Waals surface area contributed by atoms with Crippen LogP contribution in [0.15, 0.2) is 24.3 Å². The quantitative estimate of drug-likeness (QED) is 0.611. The molecule has 26 heavy (non-hydrogen) atoms. The monoisotopic (exact) mass is 382 g/mol. The highest BCUT2D eigenvalue weighted by Crippen LogP contribution is 2.23. The van der Waals surface area contributed by atoms with E-state index in [9.17, 15) is 14.4 Å². The number of benzene rings is 1. The molecule has 6 nitrogen and oxygen atoms in total. The van der Waals surface area contributed by atoms with Crippen molar-refractivity contribution in [1.82, 2.24) is 10.6 Å². The zero-order chi connectivity index (χ0) is 19.9. The molecule has 144 valence electrons. The van der Waals surface area contributed by atoms with Crippen LogP contribution in [-0.4, -0.2) is 35.5 Å². The van der Waals surface area contributed by atoms with E-state index < -0.39 is 23.3 Å². The number of carboxylic acids is 1. The maximum Gasteiger partial charge on any atom is 0.326 e. The van der Waals surface area contributed by atoms with Crippen LogP contribution in [0.2, 0.25) is 5.02 Å². The van der Waals surface area contributed by atoms with E-state index in [1.54, 1.807) is 26.0 Å². The summed E-state index contributed by atoms with van der Waals surface area (Å²) < 4.78 is 0. The number of aliphatic carboxylic acids is 1. The first-order chi connectivity index (χ1) is 12.0. The van der Waals surface area contributed by atoms with Gasteiger partial charge in [0.05, 0.1) is 6.54 Å². The number of nitrogens with one attached hydrogen (secondary N) is 2. The molecule has 2 amide bonds. The molecule has 0 heterocycles. The molecule has 0 spiro atoms. The van der Waals surface area contributed by atoms with Crippen LogP contribution in [0.4, 0.5) is 0 Å². The van der Waals surface area contributed by atoms with Crippen LogP contribution in [0.5, 0.6) is 0 Å². The Morgan fingerprint density at radius 1 is 1.23 bits per heavy atom. The molecule has 1 aromatic rings. The average Bonchev–Trinajstić information content (AvgIpc) is 2.50. The first-order valence-corrected chi connectivity index (χ1v) is 8.94. The Hall–Kier alpha value is -2.08. The van der Waals surface area contributed by atoms with E-state index in [-0.39, 0.29) is 18.4 Å². The SMILES string of the molecule is CC(C)C[C@H](NC(=O)CNC(=O)C(C)(C)Cc1cccc(Cl)c1)C(=O)O. The summed E-state index contributed by atoms with van der Waals surface area (Å²) in [5, 5.41) is 14.8. The molecule has 0 aliphatic carbocycles.